The number of ether oxygens (including phenoxy) is 4. The number of aliphatic hydroxyl groups excluding tert-OH is 1. The molecule has 3 aromatic carbocycles. The van der Waals surface area contributed by atoms with Gasteiger partial charge < -0.3 is 24.1 Å². The lowest BCUT2D eigenvalue weighted by molar-refractivity contribution is 0.252. The van der Waals surface area contributed by atoms with Gasteiger partial charge in [-0.3, -0.25) is 0 Å². The molecule has 3 rings (SSSR count). The Balaban J connectivity index is 1.27. The van der Waals surface area contributed by atoms with E-state index >= 15 is 0 Å². The summed E-state index contributed by atoms with van der Waals surface area (Å²) >= 11 is 0. The van der Waals surface area contributed by atoms with Crippen molar-refractivity contribution in [2.75, 3.05) is 13.2 Å². The molecule has 0 saturated heterocycles. The molecule has 0 bridgehead atoms. The maximum Gasteiger partial charge on any atom is 0.162 e. The highest BCUT2D eigenvalue weighted by molar-refractivity contribution is 5.43. The molecule has 0 fully saturated rings. The van der Waals surface area contributed by atoms with Crippen molar-refractivity contribution >= 4 is 0 Å². The van der Waals surface area contributed by atoms with Crippen LogP contribution in [-0.2, 0) is 19.8 Å². The summed E-state index contributed by atoms with van der Waals surface area (Å²) in [6.07, 6.45) is 32.3. The first-order chi connectivity index (χ1) is 26.7. The molecule has 54 heavy (non-hydrogen) atoms. The van der Waals surface area contributed by atoms with E-state index in [1.165, 1.54) is 141 Å². The van der Waals surface area contributed by atoms with E-state index in [0.717, 1.165) is 54.2 Å². The van der Waals surface area contributed by atoms with Crippen molar-refractivity contribution in [3.05, 3.63) is 83.4 Å². The average Bonchev–Trinajstić information content (AvgIpc) is 3.20. The van der Waals surface area contributed by atoms with Crippen LogP contribution in [0.5, 0.6) is 23.0 Å². The molecule has 0 spiro atoms. The number of rotatable bonds is 35. The summed E-state index contributed by atoms with van der Waals surface area (Å²) in [5.41, 5.74) is 2.89. The highest BCUT2D eigenvalue weighted by Crippen LogP contribution is 2.31. The summed E-state index contributed by atoms with van der Waals surface area (Å²) < 4.78 is 24.4. The van der Waals surface area contributed by atoms with Gasteiger partial charge in [0.05, 0.1) is 19.8 Å². The van der Waals surface area contributed by atoms with Gasteiger partial charge in [-0.1, -0.05) is 185 Å². The van der Waals surface area contributed by atoms with Crippen LogP contribution in [0.2, 0.25) is 0 Å². The Bertz CT molecular complexity index is 1290. The van der Waals surface area contributed by atoms with Gasteiger partial charge in [-0.25, -0.2) is 0 Å². The van der Waals surface area contributed by atoms with Crippen LogP contribution in [0.4, 0.5) is 0 Å². The van der Waals surface area contributed by atoms with Gasteiger partial charge in [0.1, 0.15) is 24.7 Å². The Morgan fingerprint density at radius 1 is 0.352 bits per heavy atom. The van der Waals surface area contributed by atoms with E-state index in [1.807, 2.05) is 42.5 Å². The largest absolute Gasteiger partial charge is 0.494 e. The molecule has 1 N–H and O–H groups in total. The van der Waals surface area contributed by atoms with Crippen molar-refractivity contribution in [1.82, 2.24) is 0 Å². The third-order valence-electron chi connectivity index (χ3n) is 10.4. The topological polar surface area (TPSA) is 57.2 Å². The lowest BCUT2D eigenvalue weighted by Crippen LogP contribution is -2.02. The Morgan fingerprint density at radius 3 is 1.06 bits per heavy atom. The van der Waals surface area contributed by atoms with Crippen LogP contribution in [0.1, 0.15) is 185 Å². The summed E-state index contributed by atoms with van der Waals surface area (Å²) in [5, 5.41) is 9.75. The second-order valence-corrected chi connectivity index (χ2v) is 15.3. The molecule has 5 nitrogen and oxygen atoms in total. The molecule has 0 aromatic heterocycles. The van der Waals surface area contributed by atoms with Crippen molar-refractivity contribution in [2.45, 2.75) is 188 Å². The van der Waals surface area contributed by atoms with E-state index < -0.39 is 0 Å². The van der Waals surface area contributed by atoms with Gasteiger partial charge in [-0.2, -0.15) is 0 Å². The summed E-state index contributed by atoms with van der Waals surface area (Å²) in [7, 11) is 0. The Hall–Kier alpha value is -3.18. The second kappa shape index (κ2) is 31.1. The standard InChI is InChI=1S/C49H76O5/c1-3-5-7-9-11-13-15-17-19-21-23-25-37-51-46-32-27-43(28-33-46)41-53-48-36-31-45(40-50)39-49(48)54-42-44-29-34-47(35-30-44)52-38-26-24-22-20-18-16-14-12-10-8-6-4-2/h27-36,39,50H,3-26,37-38,40-42H2,1-2H3. The van der Waals surface area contributed by atoms with E-state index in [9.17, 15) is 5.11 Å². The predicted molar refractivity (Wildman–Crippen MR) is 227 cm³/mol. The van der Waals surface area contributed by atoms with Gasteiger partial charge in [-0.05, 0) is 65.9 Å². The number of unbranched alkanes of at least 4 members (excludes halogenated alkanes) is 22. The fourth-order valence-corrected chi connectivity index (χ4v) is 6.83. The Morgan fingerprint density at radius 2 is 0.685 bits per heavy atom. The minimum Gasteiger partial charge on any atom is -0.494 e. The van der Waals surface area contributed by atoms with E-state index in [-0.39, 0.29) is 6.61 Å². The van der Waals surface area contributed by atoms with E-state index in [2.05, 4.69) is 38.1 Å². The highest BCUT2D eigenvalue weighted by Gasteiger charge is 2.09. The maximum atomic E-state index is 9.75. The van der Waals surface area contributed by atoms with Crippen molar-refractivity contribution < 1.29 is 24.1 Å². The first-order valence-electron chi connectivity index (χ1n) is 22.1. The molecular formula is C49H76O5. The zero-order chi connectivity index (χ0) is 38.2. The maximum absolute atomic E-state index is 9.75. The van der Waals surface area contributed by atoms with Crippen LogP contribution in [-0.4, -0.2) is 18.3 Å². The Kier molecular flexibility index (Phi) is 26.0. The second-order valence-electron chi connectivity index (χ2n) is 15.3. The van der Waals surface area contributed by atoms with Crippen molar-refractivity contribution in [3.63, 3.8) is 0 Å². The third-order valence-corrected chi connectivity index (χ3v) is 10.4. The zero-order valence-corrected chi connectivity index (χ0v) is 34.4. The molecule has 0 aliphatic rings. The van der Waals surface area contributed by atoms with Gasteiger partial charge in [0.2, 0.25) is 0 Å². The minimum atomic E-state index is -0.0530. The normalized spacial score (nSPS) is 11.2. The first kappa shape index (κ1) is 45.2. The van der Waals surface area contributed by atoms with E-state index in [4.69, 9.17) is 18.9 Å². The van der Waals surface area contributed by atoms with E-state index in [0.29, 0.717) is 24.7 Å². The predicted octanol–water partition coefficient (Wildman–Crippen LogP) is 14.5. The SMILES string of the molecule is CCCCCCCCCCCCCCOc1ccc(COc2ccc(CO)cc2OCc2ccc(OCCCCCCCCCCCCCC)cc2)cc1. The number of benzene rings is 3. The van der Waals surface area contributed by atoms with Crippen molar-refractivity contribution in [3.8, 4) is 23.0 Å². The van der Waals surface area contributed by atoms with Gasteiger partial charge in [-0.15, -0.1) is 0 Å². The number of aliphatic hydroxyl groups is 1. The van der Waals surface area contributed by atoms with Crippen LogP contribution in [0.25, 0.3) is 0 Å². The summed E-state index contributed by atoms with van der Waals surface area (Å²) in [5.74, 6) is 3.07. The minimum absolute atomic E-state index is 0.0530. The van der Waals surface area contributed by atoms with Gasteiger partial charge in [0, 0.05) is 0 Å². The van der Waals surface area contributed by atoms with Crippen LogP contribution in [0, 0.1) is 0 Å². The molecule has 0 aliphatic heterocycles. The molecule has 302 valence electrons. The quantitative estimate of drug-likeness (QED) is 0.0608. The van der Waals surface area contributed by atoms with Gasteiger partial charge in [0.15, 0.2) is 11.5 Å². The monoisotopic (exact) mass is 745 g/mol. The molecule has 0 radical (unpaired) electrons. The number of hydrogen-bond donors (Lipinski definition) is 1. The van der Waals surface area contributed by atoms with Crippen molar-refractivity contribution in [1.29, 1.82) is 0 Å². The molecule has 0 aliphatic carbocycles. The summed E-state index contributed by atoms with van der Waals surface area (Å²) in [4.78, 5) is 0. The molecule has 3 aromatic rings. The van der Waals surface area contributed by atoms with Crippen LogP contribution >= 0.6 is 0 Å². The van der Waals surface area contributed by atoms with Gasteiger partial charge in [0.25, 0.3) is 0 Å². The molecule has 0 amide bonds. The summed E-state index contributed by atoms with van der Waals surface area (Å²) in [6, 6.07) is 21.9. The fourth-order valence-electron chi connectivity index (χ4n) is 6.83. The molecule has 0 unspecified atom stereocenters. The summed E-state index contributed by atoms with van der Waals surface area (Å²) in [6.45, 7) is 6.85. The van der Waals surface area contributed by atoms with Crippen LogP contribution in [0.15, 0.2) is 66.7 Å². The van der Waals surface area contributed by atoms with Crippen LogP contribution < -0.4 is 18.9 Å². The molecular weight excluding hydrogens is 669 g/mol. The number of hydrogen-bond acceptors (Lipinski definition) is 5. The van der Waals surface area contributed by atoms with Gasteiger partial charge >= 0.3 is 0 Å². The smallest absolute Gasteiger partial charge is 0.162 e. The first-order valence-corrected chi connectivity index (χ1v) is 22.1. The highest BCUT2D eigenvalue weighted by atomic mass is 16.5. The lowest BCUT2D eigenvalue weighted by Gasteiger charge is -2.15. The third kappa shape index (κ3) is 21.6. The van der Waals surface area contributed by atoms with Crippen molar-refractivity contribution in [2.24, 2.45) is 0 Å². The lowest BCUT2D eigenvalue weighted by atomic mass is 10.1. The molecule has 5 heteroatoms. The molecule has 0 atom stereocenters. The molecule has 0 heterocycles. The van der Waals surface area contributed by atoms with Crippen LogP contribution in [0.3, 0.4) is 0 Å². The average molecular weight is 745 g/mol. The van der Waals surface area contributed by atoms with E-state index in [1.54, 1.807) is 0 Å². The Labute approximate surface area is 330 Å². The zero-order valence-electron chi connectivity index (χ0n) is 34.4. The fraction of sp³-hybridized carbons (Fsp3) is 0.633. The molecule has 0 saturated carbocycles.